The summed E-state index contributed by atoms with van der Waals surface area (Å²) in [6, 6.07) is 13.6. The Kier molecular flexibility index (Phi) is 5.24. The van der Waals surface area contributed by atoms with Gasteiger partial charge in [-0.15, -0.1) is 11.3 Å². The van der Waals surface area contributed by atoms with Crippen molar-refractivity contribution in [2.24, 2.45) is 0 Å². The zero-order valence-electron chi connectivity index (χ0n) is 15.7. The summed E-state index contributed by atoms with van der Waals surface area (Å²) >= 11 is 1.02. The second-order valence-electron chi connectivity index (χ2n) is 6.91. The fourth-order valence-corrected chi connectivity index (χ4v) is 6.10. The summed E-state index contributed by atoms with van der Waals surface area (Å²) in [4.78, 5) is 12.7. The van der Waals surface area contributed by atoms with Crippen molar-refractivity contribution >= 4 is 33.0 Å². The van der Waals surface area contributed by atoms with E-state index in [1.807, 2.05) is 24.3 Å². The number of fused-ring (bicyclic) bond motifs is 1. The van der Waals surface area contributed by atoms with Gasteiger partial charge in [-0.1, -0.05) is 30.3 Å². The average molecular weight is 431 g/mol. The minimum Gasteiger partial charge on any atom is -0.319 e. The Morgan fingerprint density at radius 2 is 1.90 bits per heavy atom. The van der Waals surface area contributed by atoms with Gasteiger partial charge in [0.25, 0.3) is 5.91 Å². The van der Waals surface area contributed by atoms with Gasteiger partial charge >= 0.3 is 0 Å². The van der Waals surface area contributed by atoms with E-state index in [1.165, 1.54) is 22.5 Å². The number of hydrogen-bond donors (Lipinski definition) is 1. The quantitative estimate of drug-likeness (QED) is 0.675. The fourth-order valence-electron chi connectivity index (χ4n) is 3.38. The molecule has 0 spiro atoms. The monoisotopic (exact) mass is 430 g/mol. The molecule has 1 aliphatic heterocycles. The van der Waals surface area contributed by atoms with Crippen molar-refractivity contribution in [3.63, 3.8) is 0 Å². The lowest BCUT2D eigenvalue weighted by Gasteiger charge is -2.28. The van der Waals surface area contributed by atoms with Crippen molar-refractivity contribution in [2.75, 3.05) is 11.9 Å². The zero-order valence-corrected chi connectivity index (χ0v) is 17.3. The van der Waals surface area contributed by atoms with Crippen LogP contribution in [0, 0.1) is 12.7 Å². The number of carbonyl (C=O) groups excluding carboxylic acids is 1. The zero-order chi connectivity index (χ0) is 20.6. The molecule has 0 saturated heterocycles. The first-order valence-electron chi connectivity index (χ1n) is 9.08. The van der Waals surface area contributed by atoms with Gasteiger partial charge in [0.15, 0.2) is 0 Å². The topological polar surface area (TPSA) is 66.5 Å². The molecule has 2 aromatic carbocycles. The summed E-state index contributed by atoms with van der Waals surface area (Å²) in [5.41, 5.74) is 2.84. The van der Waals surface area contributed by atoms with Crippen LogP contribution in [-0.4, -0.2) is 25.2 Å². The molecule has 8 heteroatoms. The van der Waals surface area contributed by atoms with E-state index in [0.29, 0.717) is 13.0 Å². The maximum absolute atomic E-state index is 14.1. The van der Waals surface area contributed by atoms with Gasteiger partial charge in [0.2, 0.25) is 10.0 Å². The normalized spacial score (nSPS) is 14.4. The molecule has 1 N–H and O–H groups in total. The standard InChI is InChI=1S/C21H19FN2O3S2/c1-14-6-7-18(17(22)12-14)23-21(25)20-19(9-11-28-20)29(26,27)24-10-8-15-4-2-3-5-16(15)13-24/h2-7,9,11-12H,8,10,13H2,1H3,(H,23,25). The number of nitrogens with one attached hydrogen (secondary N) is 1. The van der Waals surface area contributed by atoms with E-state index in [0.717, 1.165) is 28.0 Å². The lowest BCUT2D eigenvalue weighted by molar-refractivity contribution is 0.102. The highest BCUT2D eigenvalue weighted by molar-refractivity contribution is 7.89. The highest BCUT2D eigenvalue weighted by Gasteiger charge is 2.32. The highest BCUT2D eigenvalue weighted by Crippen LogP contribution is 2.30. The molecule has 5 nitrogen and oxygen atoms in total. The summed E-state index contributed by atoms with van der Waals surface area (Å²) in [6.07, 6.45) is 0.621. The summed E-state index contributed by atoms with van der Waals surface area (Å²) < 4.78 is 41.9. The average Bonchev–Trinajstić information content (AvgIpc) is 3.20. The number of aryl methyl sites for hydroxylation is 1. The molecular formula is C21H19FN2O3S2. The van der Waals surface area contributed by atoms with E-state index in [9.17, 15) is 17.6 Å². The first-order chi connectivity index (χ1) is 13.9. The van der Waals surface area contributed by atoms with Crippen LogP contribution in [0.1, 0.15) is 26.4 Å². The van der Waals surface area contributed by atoms with Crippen molar-refractivity contribution in [3.05, 3.63) is 81.3 Å². The minimum atomic E-state index is -3.86. The first-order valence-corrected chi connectivity index (χ1v) is 11.4. The Morgan fingerprint density at radius 1 is 1.14 bits per heavy atom. The smallest absolute Gasteiger partial charge is 0.267 e. The summed E-state index contributed by atoms with van der Waals surface area (Å²) in [6.45, 7) is 2.36. The Bertz CT molecular complexity index is 1190. The molecule has 150 valence electrons. The molecule has 0 aliphatic carbocycles. The van der Waals surface area contributed by atoms with E-state index in [1.54, 1.807) is 18.4 Å². The van der Waals surface area contributed by atoms with Crippen molar-refractivity contribution in [3.8, 4) is 0 Å². The minimum absolute atomic E-state index is 0.0178. The van der Waals surface area contributed by atoms with Crippen LogP contribution in [0.3, 0.4) is 0 Å². The van der Waals surface area contributed by atoms with Crippen LogP contribution >= 0.6 is 11.3 Å². The van der Waals surface area contributed by atoms with E-state index < -0.39 is 21.7 Å². The first kappa shape index (κ1) is 19.8. The van der Waals surface area contributed by atoms with Crippen molar-refractivity contribution < 1.29 is 17.6 Å². The number of halogens is 1. The van der Waals surface area contributed by atoms with Crippen LogP contribution in [0.4, 0.5) is 10.1 Å². The van der Waals surface area contributed by atoms with Gasteiger partial charge in [-0.3, -0.25) is 4.79 Å². The number of amides is 1. The number of carbonyl (C=O) groups is 1. The van der Waals surface area contributed by atoms with Gasteiger partial charge in [-0.05, 0) is 53.6 Å². The van der Waals surface area contributed by atoms with Crippen molar-refractivity contribution in [2.45, 2.75) is 24.8 Å². The molecule has 1 amide bonds. The molecule has 1 aromatic heterocycles. The molecule has 0 unspecified atom stereocenters. The number of rotatable bonds is 4. The van der Waals surface area contributed by atoms with Crippen LogP contribution in [0.15, 0.2) is 58.8 Å². The van der Waals surface area contributed by atoms with Gasteiger partial charge in [-0.25, -0.2) is 12.8 Å². The van der Waals surface area contributed by atoms with Gasteiger partial charge in [0, 0.05) is 13.1 Å². The molecule has 3 aromatic rings. The maximum Gasteiger partial charge on any atom is 0.267 e. The highest BCUT2D eigenvalue weighted by atomic mass is 32.2. The number of benzene rings is 2. The van der Waals surface area contributed by atoms with Gasteiger partial charge in [-0.2, -0.15) is 4.31 Å². The molecule has 0 saturated carbocycles. The van der Waals surface area contributed by atoms with Crippen molar-refractivity contribution in [1.29, 1.82) is 0 Å². The molecule has 2 heterocycles. The van der Waals surface area contributed by atoms with Crippen molar-refractivity contribution in [1.82, 2.24) is 4.31 Å². The Balaban J connectivity index is 1.60. The van der Waals surface area contributed by atoms with Gasteiger partial charge < -0.3 is 5.32 Å². The Labute approximate surface area is 172 Å². The third kappa shape index (κ3) is 3.83. The van der Waals surface area contributed by atoms with E-state index >= 15 is 0 Å². The molecule has 1 aliphatic rings. The van der Waals surface area contributed by atoms with Gasteiger partial charge in [0.05, 0.1) is 5.69 Å². The molecular weight excluding hydrogens is 411 g/mol. The predicted octanol–water partition coefficient (Wildman–Crippen LogP) is 4.19. The number of nitrogens with zero attached hydrogens (tertiary/aromatic N) is 1. The SMILES string of the molecule is Cc1ccc(NC(=O)c2sccc2S(=O)(=O)N2CCc3ccccc3C2)c(F)c1. The number of hydrogen-bond acceptors (Lipinski definition) is 4. The fraction of sp³-hybridized carbons (Fsp3) is 0.190. The second kappa shape index (κ2) is 7.70. The number of anilines is 1. The van der Waals surface area contributed by atoms with Crippen LogP contribution in [0.5, 0.6) is 0 Å². The predicted molar refractivity (Wildman–Crippen MR) is 111 cm³/mol. The van der Waals surface area contributed by atoms with E-state index in [4.69, 9.17) is 0 Å². The summed E-state index contributed by atoms with van der Waals surface area (Å²) in [5, 5.41) is 4.05. The maximum atomic E-state index is 14.1. The summed E-state index contributed by atoms with van der Waals surface area (Å²) in [7, 11) is -3.86. The number of thiophene rings is 1. The summed E-state index contributed by atoms with van der Waals surface area (Å²) in [5.74, 6) is -1.20. The third-order valence-electron chi connectivity index (χ3n) is 4.92. The van der Waals surface area contributed by atoms with Crippen LogP contribution < -0.4 is 5.32 Å². The van der Waals surface area contributed by atoms with Gasteiger partial charge in [0.1, 0.15) is 15.6 Å². The molecule has 4 rings (SSSR count). The van der Waals surface area contributed by atoms with E-state index in [-0.39, 0.29) is 22.0 Å². The molecule has 0 radical (unpaired) electrons. The Morgan fingerprint density at radius 3 is 2.66 bits per heavy atom. The second-order valence-corrected chi connectivity index (χ2v) is 9.73. The van der Waals surface area contributed by atoms with Crippen LogP contribution in [0.25, 0.3) is 0 Å². The molecule has 0 atom stereocenters. The van der Waals surface area contributed by atoms with Crippen LogP contribution in [0.2, 0.25) is 0 Å². The number of sulfonamides is 1. The van der Waals surface area contributed by atoms with E-state index in [2.05, 4.69) is 5.32 Å². The lowest BCUT2D eigenvalue weighted by Crippen LogP contribution is -2.36. The molecule has 29 heavy (non-hydrogen) atoms. The Hall–Kier alpha value is -2.55. The third-order valence-corrected chi connectivity index (χ3v) is 7.85. The molecule has 0 fully saturated rings. The largest absolute Gasteiger partial charge is 0.319 e. The lowest BCUT2D eigenvalue weighted by atomic mass is 10.0. The molecule has 0 bridgehead atoms. The van der Waals surface area contributed by atoms with Crippen LogP contribution in [-0.2, 0) is 23.0 Å².